The highest BCUT2D eigenvalue weighted by atomic mass is 16.4. The Bertz CT molecular complexity index is 1090. The van der Waals surface area contributed by atoms with Gasteiger partial charge in [-0.05, 0) is 47.4 Å². The average Bonchev–Trinajstić information content (AvgIpc) is 3.30. The Labute approximate surface area is 156 Å². The third-order valence-electron chi connectivity index (χ3n) is 5.28. The van der Waals surface area contributed by atoms with Crippen molar-refractivity contribution < 1.29 is 9.90 Å². The molecule has 27 heavy (non-hydrogen) atoms. The summed E-state index contributed by atoms with van der Waals surface area (Å²) in [6, 6.07) is 5.75. The van der Waals surface area contributed by atoms with E-state index in [4.69, 9.17) is 5.11 Å². The molecule has 134 valence electrons. The molecule has 0 amide bonds. The molecule has 3 heterocycles. The number of hydrogen-bond donors (Lipinski definition) is 2. The van der Waals surface area contributed by atoms with Gasteiger partial charge >= 0.3 is 5.97 Å². The maximum atomic E-state index is 10.8. The largest absolute Gasteiger partial charge is 0.478 e. The zero-order valence-corrected chi connectivity index (χ0v) is 14.6. The fourth-order valence-electron chi connectivity index (χ4n) is 4.00. The molecule has 0 fully saturated rings. The van der Waals surface area contributed by atoms with E-state index in [0.29, 0.717) is 0 Å². The molecule has 0 spiro atoms. The minimum Gasteiger partial charge on any atom is -0.478 e. The lowest BCUT2D eigenvalue weighted by molar-refractivity contribution is -0.131. The molecule has 2 N–H and O–H groups in total. The molecule has 1 aliphatic carbocycles. The van der Waals surface area contributed by atoms with Gasteiger partial charge in [0.2, 0.25) is 0 Å². The predicted octanol–water partition coefficient (Wildman–Crippen LogP) is 3.01. The number of carbonyl (C=O) groups is 1. The van der Waals surface area contributed by atoms with Gasteiger partial charge in [0, 0.05) is 42.4 Å². The Morgan fingerprint density at radius 3 is 3.11 bits per heavy atom. The SMILES string of the molecule is O=C(O)C=Cc1ccc2ncnc(N3CCC4=C3CC3=CCNC3=C4)c2c1. The number of rotatable bonds is 3. The Morgan fingerprint density at radius 2 is 2.22 bits per heavy atom. The van der Waals surface area contributed by atoms with Crippen LogP contribution >= 0.6 is 0 Å². The predicted molar refractivity (Wildman–Crippen MR) is 104 cm³/mol. The molecule has 5 rings (SSSR count). The van der Waals surface area contributed by atoms with Crippen molar-refractivity contribution in [3.63, 3.8) is 0 Å². The van der Waals surface area contributed by atoms with Gasteiger partial charge in [-0.15, -0.1) is 0 Å². The van der Waals surface area contributed by atoms with Crippen LogP contribution in [0.1, 0.15) is 18.4 Å². The fraction of sp³-hybridized carbons (Fsp3) is 0.190. The van der Waals surface area contributed by atoms with Crippen LogP contribution in [-0.2, 0) is 4.79 Å². The second-order valence-corrected chi connectivity index (χ2v) is 6.86. The summed E-state index contributed by atoms with van der Waals surface area (Å²) in [7, 11) is 0. The van der Waals surface area contributed by atoms with Crippen LogP contribution in [0.25, 0.3) is 17.0 Å². The van der Waals surface area contributed by atoms with E-state index in [-0.39, 0.29) is 0 Å². The first-order chi connectivity index (χ1) is 13.2. The van der Waals surface area contributed by atoms with E-state index in [9.17, 15) is 4.79 Å². The van der Waals surface area contributed by atoms with Gasteiger partial charge in [0.15, 0.2) is 0 Å². The van der Waals surface area contributed by atoms with Crippen LogP contribution in [0.4, 0.5) is 5.82 Å². The van der Waals surface area contributed by atoms with Crippen molar-refractivity contribution in [2.45, 2.75) is 12.8 Å². The monoisotopic (exact) mass is 358 g/mol. The quantitative estimate of drug-likeness (QED) is 0.821. The van der Waals surface area contributed by atoms with Crippen LogP contribution in [0, 0.1) is 0 Å². The Hall–Kier alpha value is -3.41. The second-order valence-electron chi connectivity index (χ2n) is 6.86. The average molecular weight is 358 g/mol. The number of anilines is 1. The van der Waals surface area contributed by atoms with E-state index >= 15 is 0 Å². The van der Waals surface area contributed by atoms with E-state index in [1.54, 1.807) is 12.4 Å². The van der Waals surface area contributed by atoms with Gasteiger partial charge in [-0.1, -0.05) is 12.1 Å². The zero-order valence-electron chi connectivity index (χ0n) is 14.6. The summed E-state index contributed by atoms with van der Waals surface area (Å²) >= 11 is 0. The molecule has 3 aliphatic rings. The van der Waals surface area contributed by atoms with E-state index in [1.165, 1.54) is 22.5 Å². The summed E-state index contributed by atoms with van der Waals surface area (Å²) in [5.74, 6) is -0.0730. The molecule has 1 aromatic carbocycles. The molecule has 0 bridgehead atoms. The number of nitrogens with one attached hydrogen (secondary N) is 1. The maximum Gasteiger partial charge on any atom is 0.328 e. The number of nitrogens with zero attached hydrogens (tertiary/aromatic N) is 3. The van der Waals surface area contributed by atoms with E-state index in [2.05, 4.69) is 32.3 Å². The molecule has 2 aliphatic heterocycles. The molecule has 0 radical (unpaired) electrons. The van der Waals surface area contributed by atoms with Gasteiger partial charge in [0.05, 0.1) is 5.52 Å². The molecule has 0 saturated carbocycles. The van der Waals surface area contributed by atoms with Gasteiger partial charge in [0.1, 0.15) is 12.1 Å². The Balaban J connectivity index is 1.59. The van der Waals surface area contributed by atoms with Crippen LogP contribution in [0.5, 0.6) is 0 Å². The van der Waals surface area contributed by atoms with Crippen molar-refractivity contribution in [2.24, 2.45) is 0 Å². The van der Waals surface area contributed by atoms with Crippen molar-refractivity contribution in [3.8, 4) is 0 Å². The van der Waals surface area contributed by atoms with E-state index in [0.717, 1.165) is 54.3 Å². The maximum absolute atomic E-state index is 10.8. The number of fused-ring (bicyclic) bond motifs is 2. The third kappa shape index (κ3) is 2.70. The number of carboxylic acids is 1. The summed E-state index contributed by atoms with van der Waals surface area (Å²) in [5, 5.41) is 13.2. The number of allylic oxidation sites excluding steroid dienone is 3. The first kappa shape index (κ1) is 15.8. The first-order valence-electron chi connectivity index (χ1n) is 8.99. The number of aromatic nitrogens is 2. The standard InChI is InChI=1S/C21H18N4O2/c26-20(27)4-2-13-1-3-17-16(9-13)21(24-12-23-17)25-8-6-15-10-18-14(5-7-22-18)11-19(15)25/h1-5,9-10,12,22H,6-8,11H2,(H,26,27). The molecule has 0 unspecified atom stereocenters. The summed E-state index contributed by atoms with van der Waals surface area (Å²) in [6.45, 7) is 1.79. The molecule has 0 saturated heterocycles. The van der Waals surface area contributed by atoms with Gasteiger partial charge in [0.25, 0.3) is 0 Å². The number of aliphatic carboxylic acids is 1. The molecular formula is C21H18N4O2. The van der Waals surface area contributed by atoms with Crippen LogP contribution in [0.3, 0.4) is 0 Å². The third-order valence-corrected chi connectivity index (χ3v) is 5.28. The summed E-state index contributed by atoms with van der Waals surface area (Å²) in [6.07, 6.45) is 10.8. The summed E-state index contributed by atoms with van der Waals surface area (Å²) in [5.41, 5.74) is 6.96. The van der Waals surface area contributed by atoms with Crippen molar-refractivity contribution in [1.82, 2.24) is 15.3 Å². The van der Waals surface area contributed by atoms with Crippen LogP contribution in [0.15, 0.2) is 65.3 Å². The van der Waals surface area contributed by atoms with Crippen LogP contribution in [0.2, 0.25) is 0 Å². The Morgan fingerprint density at radius 1 is 1.30 bits per heavy atom. The molecule has 6 heteroatoms. The number of benzene rings is 1. The normalized spacial score (nSPS) is 18.4. The van der Waals surface area contributed by atoms with Crippen molar-refractivity contribution in [1.29, 1.82) is 0 Å². The lowest BCUT2D eigenvalue weighted by Gasteiger charge is -2.25. The lowest BCUT2D eigenvalue weighted by atomic mass is 9.97. The molecule has 6 nitrogen and oxygen atoms in total. The van der Waals surface area contributed by atoms with Crippen molar-refractivity contribution in [3.05, 3.63) is 70.9 Å². The lowest BCUT2D eigenvalue weighted by Crippen LogP contribution is -2.22. The highest BCUT2D eigenvalue weighted by Gasteiger charge is 2.30. The highest BCUT2D eigenvalue weighted by Crippen LogP contribution is 2.40. The van der Waals surface area contributed by atoms with Gasteiger partial charge < -0.3 is 15.3 Å². The van der Waals surface area contributed by atoms with Crippen LogP contribution in [-0.4, -0.2) is 34.1 Å². The minimum absolute atomic E-state index is 0.822. The van der Waals surface area contributed by atoms with Crippen molar-refractivity contribution in [2.75, 3.05) is 18.0 Å². The smallest absolute Gasteiger partial charge is 0.328 e. The second kappa shape index (κ2) is 6.09. The van der Waals surface area contributed by atoms with Crippen LogP contribution < -0.4 is 10.2 Å². The first-order valence-corrected chi connectivity index (χ1v) is 8.99. The summed E-state index contributed by atoms with van der Waals surface area (Å²) < 4.78 is 0. The van der Waals surface area contributed by atoms with E-state index < -0.39 is 5.97 Å². The summed E-state index contributed by atoms with van der Waals surface area (Å²) in [4.78, 5) is 22.1. The number of carboxylic acid groups (broad SMARTS) is 1. The topological polar surface area (TPSA) is 78.3 Å². The van der Waals surface area contributed by atoms with Gasteiger partial charge in [-0.2, -0.15) is 0 Å². The fourth-order valence-corrected chi connectivity index (χ4v) is 4.00. The molecule has 0 atom stereocenters. The molecule has 2 aromatic rings. The van der Waals surface area contributed by atoms with Gasteiger partial charge in [-0.25, -0.2) is 14.8 Å². The molecular weight excluding hydrogens is 340 g/mol. The van der Waals surface area contributed by atoms with Crippen molar-refractivity contribution >= 4 is 28.8 Å². The molecule has 1 aromatic heterocycles. The zero-order chi connectivity index (χ0) is 18.4. The number of hydrogen-bond acceptors (Lipinski definition) is 5. The Kier molecular flexibility index (Phi) is 3.57. The highest BCUT2D eigenvalue weighted by molar-refractivity contribution is 5.93. The van der Waals surface area contributed by atoms with Gasteiger partial charge in [-0.3, -0.25) is 0 Å². The van der Waals surface area contributed by atoms with E-state index in [1.807, 2.05) is 18.2 Å². The minimum atomic E-state index is -0.961.